The van der Waals surface area contributed by atoms with Gasteiger partial charge in [0.1, 0.15) is 16.6 Å². The largest absolute Gasteiger partial charge is 0.492 e. The summed E-state index contributed by atoms with van der Waals surface area (Å²) in [5, 5.41) is 0. The van der Waals surface area contributed by atoms with Crippen LogP contribution in [0.3, 0.4) is 0 Å². The van der Waals surface area contributed by atoms with Gasteiger partial charge in [0.05, 0.1) is 12.2 Å². The van der Waals surface area contributed by atoms with E-state index in [0.29, 0.717) is 18.3 Å². The first-order chi connectivity index (χ1) is 10.2. The van der Waals surface area contributed by atoms with E-state index in [1.807, 2.05) is 23.9 Å². The van der Waals surface area contributed by atoms with Crippen LogP contribution in [-0.4, -0.2) is 17.3 Å². The van der Waals surface area contributed by atoms with Crippen LogP contribution in [0.25, 0.3) is 0 Å². The molecule has 2 nitrogen and oxygen atoms in total. The number of nitrogens with two attached hydrogens (primary N) is 1. The van der Waals surface area contributed by atoms with E-state index in [1.54, 1.807) is 12.1 Å². The summed E-state index contributed by atoms with van der Waals surface area (Å²) in [7, 11) is 0. The number of thiocarbonyl (C=S) groups is 1. The third-order valence-electron chi connectivity index (χ3n) is 3.46. The van der Waals surface area contributed by atoms with Gasteiger partial charge in [0, 0.05) is 16.6 Å². The maximum Gasteiger partial charge on any atom is 0.137 e. The van der Waals surface area contributed by atoms with Crippen molar-refractivity contribution in [3.8, 4) is 5.75 Å². The maximum absolute atomic E-state index is 13.8. The van der Waals surface area contributed by atoms with Crippen molar-refractivity contribution in [2.45, 2.75) is 10.8 Å². The van der Waals surface area contributed by atoms with E-state index in [1.165, 1.54) is 16.5 Å². The van der Waals surface area contributed by atoms with Gasteiger partial charge in [-0.15, -0.1) is 11.8 Å². The molecule has 0 spiro atoms. The van der Waals surface area contributed by atoms with Crippen LogP contribution in [0.15, 0.2) is 47.4 Å². The predicted molar refractivity (Wildman–Crippen MR) is 87.7 cm³/mol. The Hall–Kier alpha value is -1.59. The molecule has 2 aromatic carbocycles. The number of halogens is 1. The van der Waals surface area contributed by atoms with E-state index in [-0.39, 0.29) is 10.6 Å². The van der Waals surface area contributed by atoms with Gasteiger partial charge in [-0.3, -0.25) is 0 Å². The van der Waals surface area contributed by atoms with Crippen LogP contribution in [0.4, 0.5) is 4.39 Å². The Morgan fingerprint density at radius 3 is 2.90 bits per heavy atom. The Balaban J connectivity index is 1.78. The highest BCUT2D eigenvalue weighted by Gasteiger charge is 2.24. The second kappa shape index (κ2) is 6.03. The summed E-state index contributed by atoms with van der Waals surface area (Å²) < 4.78 is 19.6. The summed E-state index contributed by atoms with van der Waals surface area (Å²) in [6.07, 6.45) is 0. The molecule has 1 heterocycles. The van der Waals surface area contributed by atoms with Crippen molar-refractivity contribution in [1.29, 1.82) is 0 Å². The molecule has 0 aromatic heterocycles. The van der Waals surface area contributed by atoms with Crippen LogP contribution < -0.4 is 10.5 Å². The van der Waals surface area contributed by atoms with E-state index < -0.39 is 5.82 Å². The summed E-state index contributed by atoms with van der Waals surface area (Å²) in [6.45, 7) is 0.489. The first kappa shape index (κ1) is 14.4. The minimum Gasteiger partial charge on any atom is -0.492 e. The normalized spacial score (nSPS) is 16.5. The number of fused-ring (bicyclic) bond motifs is 1. The lowest BCUT2D eigenvalue weighted by molar-refractivity contribution is 0.296. The smallest absolute Gasteiger partial charge is 0.137 e. The number of ether oxygens (including phenoxy) is 1. The molecule has 21 heavy (non-hydrogen) atoms. The van der Waals surface area contributed by atoms with Crippen LogP contribution in [-0.2, 0) is 0 Å². The predicted octanol–water partition coefficient (Wildman–Crippen LogP) is 3.73. The minimum absolute atomic E-state index is 0.0179. The number of benzene rings is 2. The average molecular weight is 319 g/mol. The quantitative estimate of drug-likeness (QED) is 0.871. The lowest BCUT2D eigenvalue weighted by Gasteiger charge is -2.15. The zero-order valence-corrected chi connectivity index (χ0v) is 12.8. The molecule has 0 fully saturated rings. The molecular weight excluding hydrogens is 305 g/mol. The number of hydrogen-bond donors (Lipinski definition) is 1. The Labute approximate surface area is 132 Å². The molecule has 0 radical (unpaired) electrons. The fraction of sp³-hybridized carbons (Fsp3) is 0.188. The molecule has 0 aliphatic carbocycles. The highest BCUT2D eigenvalue weighted by Crippen LogP contribution is 2.39. The SMILES string of the molecule is NC(=S)c1c(F)cccc1OCC1CSc2ccccc21. The van der Waals surface area contributed by atoms with Crippen molar-refractivity contribution in [3.63, 3.8) is 0 Å². The summed E-state index contributed by atoms with van der Waals surface area (Å²) in [5.74, 6) is 1.24. The molecule has 0 saturated heterocycles. The molecule has 1 atom stereocenters. The Morgan fingerprint density at radius 1 is 1.29 bits per heavy atom. The first-order valence-corrected chi connectivity index (χ1v) is 7.99. The molecule has 1 aliphatic heterocycles. The van der Waals surface area contributed by atoms with Crippen molar-refractivity contribution in [2.75, 3.05) is 12.4 Å². The Kier molecular flexibility index (Phi) is 4.12. The fourth-order valence-corrected chi connectivity index (χ4v) is 3.85. The molecular formula is C16H14FNOS2. The van der Waals surface area contributed by atoms with Crippen LogP contribution in [0.5, 0.6) is 5.75 Å². The standard InChI is InChI=1S/C16H14FNOS2/c17-12-5-3-6-13(15(12)16(18)20)19-8-10-9-21-14-7-2-1-4-11(10)14/h1-7,10H,8-9H2,(H2,18,20). The van der Waals surface area contributed by atoms with Gasteiger partial charge < -0.3 is 10.5 Å². The fourth-order valence-electron chi connectivity index (χ4n) is 2.42. The summed E-state index contributed by atoms with van der Waals surface area (Å²) in [4.78, 5) is 1.31. The molecule has 3 rings (SSSR count). The summed E-state index contributed by atoms with van der Waals surface area (Å²) in [5.41, 5.74) is 7.06. The Morgan fingerprint density at radius 2 is 2.10 bits per heavy atom. The monoisotopic (exact) mass is 319 g/mol. The second-order valence-corrected chi connectivity index (χ2v) is 6.34. The number of thioether (sulfide) groups is 1. The molecule has 0 bridgehead atoms. The minimum atomic E-state index is -0.443. The summed E-state index contributed by atoms with van der Waals surface area (Å²) >= 11 is 6.72. The number of hydrogen-bond acceptors (Lipinski definition) is 3. The van der Waals surface area contributed by atoms with E-state index in [4.69, 9.17) is 22.7 Å². The molecule has 5 heteroatoms. The Bertz CT molecular complexity index is 690. The molecule has 1 aliphatic rings. The highest BCUT2D eigenvalue weighted by atomic mass is 32.2. The summed E-state index contributed by atoms with van der Waals surface area (Å²) in [6, 6.07) is 12.9. The van der Waals surface area contributed by atoms with Crippen molar-refractivity contribution in [1.82, 2.24) is 0 Å². The van der Waals surface area contributed by atoms with Gasteiger partial charge in [-0.2, -0.15) is 0 Å². The zero-order valence-electron chi connectivity index (χ0n) is 11.2. The van der Waals surface area contributed by atoms with Gasteiger partial charge >= 0.3 is 0 Å². The van der Waals surface area contributed by atoms with Crippen molar-refractivity contribution >= 4 is 29.0 Å². The molecule has 0 saturated carbocycles. The van der Waals surface area contributed by atoms with E-state index in [0.717, 1.165) is 5.75 Å². The van der Waals surface area contributed by atoms with Gasteiger partial charge in [0.25, 0.3) is 0 Å². The van der Waals surface area contributed by atoms with E-state index >= 15 is 0 Å². The molecule has 1 unspecified atom stereocenters. The van der Waals surface area contributed by atoms with Crippen LogP contribution in [0.2, 0.25) is 0 Å². The lowest BCUT2D eigenvalue weighted by atomic mass is 10.0. The van der Waals surface area contributed by atoms with Gasteiger partial charge in [0.15, 0.2) is 0 Å². The molecule has 2 aromatic rings. The van der Waals surface area contributed by atoms with Gasteiger partial charge in [-0.05, 0) is 23.8 Å². The zero-order chi connectivity index (χ0) is 14.8. The van der Waals surface area contributed by atoms with Crippen LogP contribution in [0.1, 0.15) is 17.0 Å². The first-order valence-electron chi connectivity index (χ1n) is 6.59. The van der Waals surface area contributed by atoms with Crippen LogP contribution >= 0.6 is 24.0 Å². The van der Waals surface area contributed by atoms with E-state index in [9.17, 15) is 4.39 Å². The molecule has 2 N–H and O–H groups in total. The van der Waals surface area contributed by atoms with Crippen molar-refractivity contribution in [2.24, 2.45) is 5.73 Å². The second-order valence-electron chi connectivity index (χ2n) is 4.83. The third kappa shape index (κ3) is 2.89. The van der Waals surface area contributed by atoms with Crippen molar-refractivity contribution in [3.05, 3.63) is 59.4 Å². The van der Waals surface area contributed by atoms with Crippen molar-refractivity contribution < 1.29 is 9.13 Å². The van der Waals surface area contributed by atoms with Gasteiger partial charge in [-0.25, -0.2) is 4.39 Å². The maximum atomic E-state index is 13.8. The average Bonchev–Trinajstić information content (AvgIpc) is 2.88. The third-order valence-corrected chi connectivity index (χ3v) is 4.92. The lowest BCUT2D eigenvalue weighted by Crippen LogP contribution is -2.16. The topological polar surface area (TPSA) is 35.2 Å². The highest BCUT2D eigenvalue weighted by molar-refractivity contribution is 7.99. The van der Waals surface area contributed by atoms with Gasteiger partial charge in [0.2, 0.25) is 0 Å². The molecule has 108 valence electrons. The van der Waals surface area contributed by atoms with Gasteiger partial charge in [-0.1, -0.05) is 36.5 Å². The number of rotatable bonds is 4. The van der Waals surface area contributed by atoms with E-state index in [2.05, 4.69) is 12.1 Å². The van der Waals surface area contributed by atoms with Crippen LogP contribution in [0, 0.1) is 5.82 Å². The molecule has 0 amide bonds.